The molecular formula is C17H30IN3O. The lowest BCUT2D eigenvalue weighted by Crippen LogP contribution is -2.42. The quantitative estimate of drug-likeness (QED) is 0.422. The minimum absolute atomic E-state index is 0. The van der Waals surface area contributed by atoms with Gasteiger partial charge in [0.15, 0.2) is 5.96 Å². The summed E-state index contributed by atoms with van der Waals surface area (Å²) in [5, 5.41) is 6.35. The van der Waals surface area contributed by atoms with Crippen LogP contribution in [0.5, 0.6) is 5.75 Å². The van der Waals surface area contributed by atoms with Crippen LogP contribution in [-0.2, 0) is 5.41 Å². The van der Waals surface area contributed by atoms with Gasteiger partial charge in [0.05, 0.1) is 6.61 Å². The monoisotopic (exact) mass is 419 g/mol. The Morgan fingerprint density at radius 1 is 1.23 bits per heavy atom. The molecular weight excluding hydrogens is 389 g/mol. The first-order valence-corrected chi connectivity index (χ1v) is 7.51. The van der Waals surface area contributed by atoms with Gasteiger partial charge in [-0.25, -0.2) is 0 Å². The maximum absolute atomic E-state index is 5.72. The molecule has 0 bridgehead atoms. The van der Waals surface area contributed by atoms with Crippen LogP contribution in [-0.4, -0.2) is 33.2 Å². The molecule has 2 N–H and O–H groups in total. The van der Waals surface area contributed by atoms with E-state index < -0.39 is 0 Å². The lowest BCUT2D eigenvalue weighted by Gasteiger charge is -2.26. The van der Waals surface area contributed by atoms with Crippen molar-refractivity contribution in [3.05, 3.63) is 29.8 Å². The van der Waals surface area contributed by atoms with Crippen molar-refractivity contribution >= 4 is 29.9 Å². The summed E-state index contributed by atoms with van der Waals surface area (Å²) in [6.45, 7) is 10.3. The van der Waals surface area contributed by atoms with Gasteiger partial charge in [0, 0.05) is 26.1 Å². The number of guanidine groups is 1. The van der Waals surface area contributed by atoms with Gasteiger partial charge < -0.3 is 15.4 Å². The fourth-order valence-electron chi connectivity index (χ4n) is 1.95. The van der Waals surface area contributed by atoms with Crippen molar-refractivity contribution in [2.24, 2.45) is 10.9 Å². The van der Waals surface area contributed by atoms with Crippen LogP contribution in [0.4, 0.5) is 0 Å². The molecule has 0 radical (unpaired) electrons. The van der Waals surface area contributed by atoms with Gasteiger partial charge in [0.2, 0.25) is 0 Å². The van der Waals surface area contributed by atoms with E-state index in [1.165, 1.54) is 5.56 Å². The average Bonchev–Trinajstić information content (AvgIpc) is 2.46. The van der Waals surface area contributed by atoms with Crippen LogP contribution in [0.2, 0.25) is 0 Å². The molecule has 1 rings (SSSR count). The van der Waals surface area contributed by atoms with Crippen LogP contribution >= 0.6 is 24.0 Å². The average molecular weight is 419 g/mol. The standard InChI is InChI=1S/C17H29N3O.HI/c1-13(2)11-21-15-9-7-14(8-10-15)17(3,4)12-20-16(18-5)19-6;/h7-10,13H,11-12H2,1-6H3,(H2,18,19,20);1H. The van der Waals surface area contributed by atoms with Crippen LogP contribution in [0.1, 0.15) is 33.3 Å². The number of benzene rings is 1. The van der Waals surface area contributed by atoms with Crippen molar-refractivity contribution in [1.29, 1.82) is 0 Å². The molecule has 0 fully saturated rings. The van der Waals surface area contributed by atoms with E-state index in [2.05, 4.69) is 55.5 Å². The summed E-state index contributed by atoms with van der Waals surface area (Å²) in [5.41, 5.74) is 1.29. The van der Waals surface area contributed by atoms with E-state index in [4.69, 9.17) is 4.74 Å². The molecule has 0 aliphatic rings. The topological polar surface area (TPSA) is 45.7 Å². The zero-order valence-electron chi connectivity index (χ0n) is 14.6. The number of ether oxygens (including phenoxy) is 1. The summed E-state index contributed by atoms with van der Waals surface area (Å²) in [7, 11) is 3.63. The number of aliphatic imine (C=N–C) groups is 1. The molecule has 22 heavy (non-hydrogen) atoms. The van der Waals surface area contributed by atoms with Gasteiger partial charge in [0.25, 0.3) is 0 Å². The number of nitrogens with zero attached hydrogens (tertiary/aromatic N) is 1. The Balaban J connectivity index is 0.00000441. The smallest absolute Gasteiger partial charge is 0.190 e. The molecule has 0 spiro atoms. The van der Waals surface area contributed by atoms with Gasteiger partial charge >= 0.3 is 0 Å². The third-order valence-electron chi connectivity index (χ3n) is 3.38. The van der Waals surface area contributed by atoms with Crippen molar-refractivity contribution in [2.45, 2.75) is 33.1 Å². The third-order valence-corrected chi connectivity index (χ3v) is 3.38. The molecule has 0 aliphatic heterocycles. The fourth-order valence-corrected chi connectivity index (χ4v) is 1.95. The van der Waals surface area contributed by atoms with Crippen LogP contribution in [0, 0.1) is 5.92 Å². The van der Waals surface area contributed by atoms with E-state index in [-0.39, 0.29) is 29.4 Å². The first-order valence-electron chi connectivity index (χ1n) is 7.51. The highest BCUT2D eigenvalue weighted by Crippen LogP contribution is 2.24. The van der Waals surface area contributed by atoms with E-state index in [0.717, 1.165) is 24.9 Å². The predicted molar refractivity (Wildman–Crippen MR) is 106 cm³/mol. The van der Waals surface area contributed by atoms with Gasteiger partial charge in [-0.15, -0.1) is 24.0 Å². The highest BCUT2D eigenvalue weighted by molar-refractivity contribution is 14.0. The fraction of sp³-hybridized carbons (Fsp3) is 0.588. The van der Waals surface area contributed by atoms with E-state index in [0.29, 0.717) is 5.92 Å². The summed E-state index contributed by atoms with van der Waals surface area (Å²) in [6.07, 6.45) is 0. The Morgan fingerprint density at radius 2 is 1.82 bits per heavy atom. The Kier molecular flexibility index (Phi) is 9.48. The van der Waals surface area contributed by atoms with E-state index in [1.807, 2.05) is 19.2 Å². The first-order chi connectivity index (χ1) is 9.89. The normalized spacial score (nSPS) is 11.9. The van der Waals surface area contributed by atoms with Gasteiger partial charge in [-0.2, -0.15) is 0 Å². The number of halogens is 1. The van der Waals surface area contributed by atoms with Crippen LogP contribution in [0.15, 0.2) is 29.3 Å². The molecule has 5 heteroatoms. The van der Waals surface area contributed by atoms with Crippen molar-refractivity contribution in [1.82, 2.24) is 10.6 Å². The Labute approximate surface area is 152 Å². The van der Waals surface area contributed by atoms with Crippen LogP contribution in [0.3, 0.4) is 0 Å². The third kappa shape index (κ3) is 6.85. The molecule has 1 aromatic rings. The second kappa shape index (κ2) is 9.92. The van der Waals surface area contributed by atoms with Gasteiger partial charge in [-0.3, -0.25) is 4.99 Å². The Morgan fingerprint density at radius 3 is 2.27 bits per heavy atom. The van der Waals surface area contributed by atoms with Gasteiger partial charge in [-0.05, 0) is 23.6 Å². The zero-order chi connectivity index (χ0) is 15.9. The molecule has 0 atom stereocenters. The molecule has 0 amide bonds. The van der Waals surface area contributed by atoms with Crippen molar-refractivity contribution < 1.29 is 4.74 Å². The number of nitrogens with one attached hydrogen (secondary N) is 2. The second-order valence-corrected chi connectivity index (χ2v) is 6.29. The maximum Gasteiger partial charge on any atom is 0.190 e. The predicted octanol–water partition coefficient (Wildman–Crippen LogP) is 3.41. The number of hydrogen-bond acceptors (Lipinski definition) is 2. The molecule has 0 saturated heterocycles. The number of hydrogen-bond donors (Lipinski definition) is 2. The van der Waals surface area contributed by atoms with E-state index in [1.54, 1.807) is 7.05 Å². The summed E-state index contributed by atoms with van der Waals surface area (Å²) in [6, 6.07) is 8.37. The Bertz CT molecular complexity index is 455. The highest BCUT2D eigenvalue weighted by Gasteiger charge is 2.20. The molecule has 0 saturated carbocycles. The highest BCUT2D eigenvalue weighted by atomic mass is 127. The van der Waals surface area contributed by atoms with Crippen molar-refractivity contribution in [2.75, 3.05) is 27.2 Å². The molecule has 1 aromatic carbocycles. The van der Waals surface area contributed by atoms with Crippen LogP contribution in [0.25, 0.3) is 0 Å². The summed E-state index contributed by atoms with van der Waals surface area (Å²) in [4.78, 5) is 4.13. The summed E-state index contributed by atoms with van der Waals surface area (Å²) >= 11 is 0. The molecule has 4 nitrogen and oxygen atoms in total. The van der Waals surface area contributed by atoms with Gasteiger partial charge in [-0.1, -0.05) is 39.8 Å². The zero-order valence-corrected chi connectivity index (χ0v) is 16.9. The first kappa shape index (κ1) is 21.0. The SMILES string of the molecule is CN=C(NC)NCC(C)(C)c1ccc(OCC(C)C)cc1.I. The van der Waals surface area contributed by atoms with E-state index in [9.17, 15) is 0 Å². The lowest BCUT2D eigenvalue weighted by atomic mass is 9.84. The molecule has 126 valence electrons. The second-order valence-electron chi connectivity index (χ2n) is 6.29. The minimum Gasteiger partial charge on any atom is -0.493 e. The van der Waals surface area contributed by atoms with Crippen LogP contribution < -0.4 is 15.4 Å². The molecule has 0 unspecified atom stereocenters. The minimum atomic E-state index is 0. The van der Waals surface area contributed by atoms with Gasteiger partial charge in [0.1, 0.15) is 5.75 Å². The molecule has 0 heterocycles. The lowest BCUT2D eigenvalue weighted by molar-refractivity contribution is 0.271. The largest absolute Gasteiger partial charge is 0.493 e. The summed E-state index contributed by atoms with van der Waals surface area (Å²) < 4.78 is 5.72. The van der Waals surface area contributed by atoms with Crippen molar-refractivity contribution in [3.63, 3.8) is 0 Å². The van der Waals surface area contributed by atoms with E-state index >= 15 is 0 Å². The molecule has 0 aromatic heterocycles. The molecule has 0 aliphatic carbocycles. The number of rotatable bonds is 6. The van der Waals surface area contributed by atoms with Crippen molar-refractivity contribution in [3.8, 4) is 5.75 Å². The Hall–Kier alpha value is -0.980. The maximum atomic E-state index is 5.72. The summed E-state index contributed by atoms with van der Waals surface area (Å²) in [5.74, 6) is 2.28.